The number of carbonyl (C=O) groups excluding carboxylic acids is 1. The van der Waals surface area contributed by atoms with Crippen LogP contribution >= 0.6 is 0 Å². The van der Waals surface area contributed by atoms with E-state index >= 15 is 0 Å². The Kier molecular flexibility index (Phi) is 6.97. The highest BCUT2D eigenvalue weighted by Gasteiger charge is 2.43. The van der Waals surface area contributed by atoms with Gasteiger partial charge in [0.25, 0.3) is 0 Å². The number of hydrogen-bond donors (Lipinski definition) is 1. The molecule has 1 fully saturated rings. The summed E-state index contributed by atoms with van der Waals surface area (Å²) < 4.78 is 87.0. The normalized spacial score (nSPS) is 18.4. The maximum atomic E-state index is 13.7. The van der Waals surface area contributed by atoms with Gasteiger partial charge in [-0.15, -0.1) is 0 Å². The van der Waals surface area contributed by atoms with Gasteiger partial charge in [0.2, 0.25) is 15.9 Å². The molecule has 0 aliphatic carbocycles. The van der Waals surface area contributed by atoms with Crippen LogP contribution in [0.2, 0.25) is 0 Å². The van der Waals surface area contributed by atoms with Crippen molar-refractivity contribution in [3.8, 4) is 0 Å². The molecule has 11 heteroatoms. The highest BCUT2D eigenvalue weighted by Crippen LogP contribution is 2.34. The zero-order chi connectivity index (χ0) is 24.5. The molecule has 1 saturated heterocycles. The molecule has 0 aromatic heterocycles. The molecule has 0 spiro atoms. The molecular weight excluding hydrogens is 476 g/mol. The smallest absolute Gasteiger partial charge is 0.381 e. The van der Waals surface area contributed by atoms with Gasteiger partial charge in [0.15, 0.2) is 0 Å². The Balaban J connectivity index is 1.56. The van der Waals surface area contributed by atoms with E-state index in [1.807, 2.05) is 0 Å². The van der Waals surface area contributed by atoms with Gasteiger partial charge in [-0.1, -0.05) is 18.2 Å². The van der Waals surface area contributed by atoms with Crippen molar-refractivity contribution >= 4 is 15.9 Å². The molecule has 0 radical (unpaired) electrons. The summed E-state index contributed by atoms with van der Waals surface area (Å²) in [7, 11) is -4.58. The van der Waals surface area contributed by atoms with E-state index in [4.69, 9.17) is 4.74 Å². The van der Waals surface area contributed by atoms with Gasteiger partial charge >= 0.3 is 6.18 Å². The fraction of sp³-hybridized carbons (Fsp3) is 0.435. The predicted molar refractivity (Wildman–Crippen MR) is 115 cm³/mol. The van der Waals surface area contributed by atoms with E-state index in [1.54, 1.807) is 15.7 Å². The van der Waals surface area contributed by atoms with E-state index in [0.29, 0.717) is 44.6 Å². The molecule has 34 heavy (non-hydrogen) atoms. The Labute approximate surface area is 194 Å². The molecular formula is C23H24F4N2O4S. The number of nitrogens with one attached hydrogen (secondary N) is 1. The van der Waals surface area contributed by atoms with Crippen LogP contribution in [0.1, 0.15) is 35.6 Å². The van der Waals surface area contributed by atoms with E-state index in [-0.39, 0.29) is 23.3 Å². The Bertz CT molecular complexity index is 1150. The molecule has 184 valence electrons. The summed E-state index contributed by atoms with van der Waals surface area (Å²) in [4.78, 5) is 14.2. The molecule has 2 aliphatic rings. The van der Waals surface area contributed by atoms with Crippen LogP contribution in [0.15, 0.2) is 47.4 Å². The predicted octanol–water partition coefficient (Wildman–Crippen LogP) is 3.72. The lowest BCUT2D eigenvalue weighted by molar-refractivity contribution is -0.153. The summed E-state index contributed by atoms with van der Waals surface area (Å²) in [6, 6.07) is 5.07. The lowest BCUT2D eigenvalue weighted by Crippen LogP contribution is -2.41. The average Bonchev–Trinajstić information content (AvgIpc) is 2.82. The third-order valence-electron chi connectivity index (χ3n) is 6.19. The molecule has 2 aliphatic heterocycles. The fourth-order valence-electron chi connectivity index (χ4n) is 4.29. The average molecular weight is 501 g/mol. The standard InChI is InChI=1S/C23H24F4N2O4S/c24-19-4-1-16(2-5-19)21(23(25,26)27)28-34(31,32)20-6-3-15-7-10-29(14-18(15)13-20)22(30)17-8-11-33-12-9-17/h1-6,13,17,21,28H,7-12,14H2. The molecule has 4 rings (SSSR count). The van der Waals surface area contributed by atoms with Gasteiger partial charge < -0.3 is 9.64 Å². The number of fused-ring (bicyclic) bond motifs is 1. The summed E-state index contributed by atoms with van der Waals surface area (Å²) in [5.41, 5.74) is 1.00. The van der Waals surface area contributed by atoms with Crippen LogP contribution in [-0.2, 0) is 32.5 Å². The maximum absolute atomic E-state index is 13.7. The van der Waals surface area contributed by atoms with Gasteiger partial charge in [-0.25, -0.2) is 12.8 Å². The molecule has 1 unspecified atom stereocenters. The number of alkyl halides is 3. The second-order valence-electron chi connectivity index (χ2n) is 8.47. The van der Waals surface area contributed by atoms with Crippen molar-refractivity contribution in [3.63, 3.8) is 0 Å². The number of ether oxygens (including phenoxy) is 1. The van der Waals surface area contributed by atoms with Gasteiger partial charge in [-0.3, -0.25) is 4.79 Å². The van der Waals surface area contributed by atoms with Crippen LogP contribution in [0.4, 0.5) is 17.6 Å². The lowest BCUT2D eigenvalue weighted by atomic mass is 9.95. The second kappa shape index (κ2) is 9.63. The lowest BCUT2D eigenvalue weighted by Gasteiger charge is -2.33. The highest BCUT2D eigenvalue weighted by molar-refractivity contribution is 7.89. The van der Waals surface area contributed by atoms with Crippen molar-refractivity contribution in [2.75, 3.05) is 19.8 Å². The molecule has 1 N–H and O–H groups in total. The minimum Gasteiger partial charge on any atom is -0.381 e. The van der Waals surface area contributed by atoms with Crippen LogP contribution in [0.5, 0.6) is 0 Å². The summed E-state index contributed by atoms with van der Waals surface area (Å²) in [6.07, 6.45) is -3.16. The van der Waals surface area contributed by atoms with E-state index in [0.717, 1.165) is 29.8 Å². The van der Waals surface area contributed by atoms with Gasteiger partial charge in [0.05, 0.1) is 4.90 Å². The number of carbonyl (C=O) groups is 1. The zero-order valence-corrected chi connectivity index (χ0v) is 19.0. The number of benzene rings is 2. The molecule has 6 nitrogen and oxygen atoms in total. The highest BCUT2D eigenvalue weighted by atomic mass is 32.2. The Morgan fingerprint density at radius 3 is 2.38 bits per heavy atom. The van der Waals surface area contributed by atoms with Crippen molar-refractivity contribution < 1.29 is 35.5 Å². The number of rotatable bonds is 5. The van der Waals surface area contributed by atoms with Gasteiger partial charge in [-0.2, -0.15) is 17.9 Å². The van der Waals surface area contributed by atoms with Gasteiger partial charge in [0, 0.05) is 32.2 Å². The third-order valence-corrected chi connectivity index (χ3v) is 7.61. The van der Waals surface area contributed by atoms with Crippen LogP contribution in [0.3, 0.4) is 0 Å². The molecule has 1 atom stereocenters. The van der Waals surface area contributed by atoms with Crippen LogP contribution in [-0.4, -0.2) is 45.2 Å². The topological polar surface area (TPSA) is 75.7 Å². The van der Waals surface area contributed by atoms with Crippen molar-refractivity contribution in [2.24, 2.45) is 5.92 Å². The second-order valence-corrected chi connectivity index (χ2v) is 10.2. The van der Waals surface area contributed by atoms with Crippen LogP contribution in [0, 0.1) is 11.7 Å². The molecule has 1 amide bonds. The van der Waals surface area contributed by atoms with E-state index in [2.05, 4.69) is 0 Å². The summed E-state index contributed by atoms with van der Waals surface area (Å²) in [5.74, 6) is -0.900. The Morgan fingerprint density at radius 2 is 1.74 bits per heavy atom. The fourth-order valence-corrected chi connectivity index (χ4v) is 5.55. The summed E-state index contributed by atoms with van der Waals surface area (Å²) in [5, 5.41) is 0. The first-order valence-electron chi connectivity index (χ1n) is 10.9. The molecule has 2 aromatic carbocycles. The largest absolute Gasteiger partial charge is 0.408 e. The first-order chi connectivity index (χ1) is 16.0. The third kappa shape index (κ3) is 5.42. The number of sulfonamides is 1. The quantitative estimate of drug-likeness (QED) is 0.635. The minimum atomic E-state index is -4.94. The monoisotopic (exact) mass is 500 g/mol. The molecule has 0 saturated carbocycles. The number of halogens is 4. The number of amides is 1. The van der Waals surface area contributed by atoms with Crippen molar-refractivity contribution in [2.45, 2.75) is 42.9 Å². The molecule has 2 aromatic rings. The number of nitrogens with zero attached hydrogens (tertiary/aromatic N) is 1. The summed E-state index contributed by atoms with van der Waals surface area (Å²) in [6.45, 7) is 1.72. The summed E-state index contributed by atoms with van der Waals surface area (Å²) >= 11 is 0. The van der Waals surface area contributed by atoms with Crippen molar-refractivity contribution in [3.05, 3.63) is 65.0 Å². The minimum absolute atomic E-state index is 0.0196. The van der Waals surface area contributed by atoms with Crippen molar-refractivity contribution in [1.29, 1.82) is 0 Å². The van der Waals surface area contributed by atoms with Crippen molar-refractivity contribution in [1.82, 2.24) is 9.62 Å². The first-order valence-corrected chi connectivity index (χ1v) is 12.4. The SMILES string of the molecule is O=C(C1CCOCC1)N1CCc2ccc(S(=O)(=O)NC(c3ccc(F)cc3)C(F)(F)F)cc2C1. The Morgan fingerprint density at radius 1 is 1.06 bits per heavy atom. The Hall–Kier alpha value is -2.50. The van der Waals surface area contributed by atoms with Crippen LogP contribution < -0.4 is 4.72 Å². The van der Waals surface area contributed by atoms with E-state index in [9.17, 15) is 30.8 Å². The maximum Gasteiger partial charge on any atom is 0.408 e. The van der Waals surface area contributed by atoms with E-state index < -0.39 is 33.6 Å². The van der Waals surface area contributed by atoms with Gasteiger partial charge in [0.1, 0.15) is 11.9 Å². The van der Waals surface area contributed by atoms with E-state index in [1.165, 1.54) is 12.1 Å². The first kappa shape index (κ1) is 24.6. The molecule has 2 heterocycles. The number of hydrogen-bond acceptors (Lipinski definition) is 4. The zero-order valence-electron chi connectivity index (χ0n) is 18.1. The molecule has 0 bridgehead atoms. The van der Waals surface area contributed by atoms with Gasteiger partial charge in [-0.05, 0) is 60.2 Å². The van der Waals surface area contributed by atoms with Crippen LogP contribution in [0.25, 0.3) is 0 Å².